The Kier molecular flexibility index (Phi) is 5.78. The normalized spacial score (nSPS) is 11.1. The molecule has 25 heavy (non-hydrogen) atoms. The van der Waals surface area contributed by atoms with Gasteiger partial charge in [0.1, 0.15) is 19.0 Å². The van der Waals surface area contributed by atoms with Crippen LogP contribution < -0.4 is 4.72 Å². The van der Waals surface area contributed by atoms with Gasteiger partial charge in [0.15, 0.2) is 0 Å². The molecule has 8 nitrogen and oxygen atoms in total. The number of nitro groups is 1. The van der Waals surface area contributed by atoms with Crippen molar-refractivity contribution >= 4 is 21.7 Å². The number of ether oxygens (including phenoxy) is 1. The minimum Gasteiger partial charge on any atom is -0.460 e. The molecule has 0 aliphatic carbocycles. The number of benzene rings is 2. The van der Waals surface area contributed by atoms with Crippen molar-refractivity contribution in [2.24, 2.45) is 0 Å². The first-order valence-corrected chi connectivity index (χ1v) is 8.40. The third-order valence-electron chi connectivity index (χ3n) is 3.06. The van der Waals surface area contributed by atoms with Crippen LogP contribution in [0.3, 0.4) is 0 Å². The van der Waals surface area contributed by atoms with E-state index in [0.29, 0.717) is 5.56 Å². The Morgan fingerprint density at radius 2 is 1.88 bits per heavy atom. The lowest BCUT2D eigenvalue weighted by Crippen LogP contribution is -2.30. The highest BCUT2D eigenvalue weighted by molar-refractivity contribution is 7.89. The van der Waals surface area contributed by atoms with E-state index in [-0.39, 0.29) is 17.2 Å². The van der Waals surface area contributed by atoms with Gasteiger partial charge in [-0.05, 0) is 35.9 Å². The molecule has 0 spiro atoms. The minimum atomic E-state index is -4.04. The first-order chi connectivity index (χ1) is 11.8. The summed E-state index contributed by atoms with van der Waals surface area (Å²) in [7, 11) is -4.04. The third-order valence-corrected chi connectivity index (χ3v) is 4.46. The van der Waals surface area contributed by atoms with Gasteiger partial charge < -0.3 is 4.74 Å². The molecule has 0 unspecified atom stereocenters. The Hall–Kier alpha value is -2.85. The number of nitro benzene ring substituents is 1. The lowest BCUT2D eigenvalue weighted by atomic mass is 10.2. The molecule has 0 aliphatic heterocycles. The van der Waals surface area contributed by atoms with Gasteiger partial charge in [0.2, 0.25) is 10.0 Å². The van der Waals surface area contributed by atoms with Crippen molar-refractivity contribution in [3.05, 3.63) is 70.0 Å². The molecule has 0 radical (unpaired) electrons. The number of nitrogens with zero attached hydrogens (tertiary/aromatic N) is 1. The number of hydrogen-bond acceptors (Lipinski definition) is 6. The number of carbonyl (C=O) groups is 1. The van der Waals surface area contributed by atoms with Crippen LogP contribution in [-0.2, 0) is 26.2 Å². The van der Waals surface area contributed by atoms with Gasteiger partial charge >= 0.3 is 5.97 Å². The second kappa shape index (κ2) is 7.81. The smallest absolute Gasteiger partial charge is 0.321 e. The Bertz CT molecular complexity index is 883. The van der Waals surface area contributed by atoms with Crippen molar-refractivity contribution in [2.75, 3.05) is 6.54 Å². The molecule has 132 valence electrons. The summed E-state index contributed by atoms with van der Waals surface area (Å²) in [5.41, 5.74) is 0.407. The Morgan fingerprint density at radius 3 is 2.48 bits per heavy atom. The fourth-order valence-corrected chi connectivity index (χ4v) is 2.80. The molecule has 0 aliphatic rings. The molecule has 10 heteroatoms. The summed E-state index contributed by atoms with van der Waals surface area (Å²) in [4.78, 5) is 21.3. The summed E-state index contributed by atoms with van der Waals surface area (Å²) in [5, 5.41) is 10.5. The van der Waals surface area contributed by atoms with E-state index in [9.17, 15) is 27.7 Å². The van der Waals surface area contributed by atoms with Crippen LogP contribution in [0.2, 0.25) is 0 Å². The summed E-state index contributed by atoms with van der Waals surface area (Å²) in [6.45, 7) is -0.801. The van der Waals surface area contributed by atoms with Gasteiger partial charge in [-0.1, -0.05) is 6.07 Å². The maximum Gasteiger partial charge on any atom is 0.321 e. The number of hydrogen-bond donors (Lipinski definition) is 1. The second-order valence-electron chi connectivity index (χ2n) is 4.87. The Balaban J connectivity index is 1.87. The van der Waals surface area contributed by atoms with Crippen molar-refractivity contribution in [1.82, 2.24) is 4.72 Å². The largest absolute Gasteiger partial charge is 0.460 e. The highest BCUT2D eigenvalue weighted by Gasteiger charge is 2.16. The van der Waals surface area contributed by atoms with Crippen molar-refractivity contribution in [2.45, 2.75) is 11.5 Å². The molecular formula is C15H13FN2O6S. The predicted octanol–water partition coefficient (Wildman–Crippen LogP) is 1.76. The van der Waals surface area contributed by atoms with Crippen LogP contribution in [0.15, 0.2) is 53.4 Å². The maximum atomic E-state index is 13.1. The summed E-state index contributed by atoms with van der Waals surface area (Å²) < 4.78 is 43.8. The monoisotopic (exact) mass is 368 g/mol. The maximum absolute atomic E-state index is 13.1. The molecule has 0 saturated heterocycles. The molecule has 2 rings (SSSR count). The number of non-ortho nitro benzene ring substituents is 1. The number of carbonyl (C=O) groups excluding carboxylic acids is 1. The third kappa shape index (κ3) is 5.33. The summed E-state index contributed by atoms with van der Waals surface area (Å²) in [6.07, 6.45) is 0. The average Bonchev–Trinajstić information content (AvgIpc) is 2.58. The van der Waals surface area contributed by atoms with Gasteiger partial charge in [0.25, 0.3) is 5.69 Å². The standard InChI is InChI=1S/C15H13FN2O6S/c16-12-2-1-3-14(8-12)25(22,23)17-9-15(19)24-10-11-4-6-13(7-5-11)18(20)21/h1-8,17H,9-10H2. The van der Waals surface area contributed by atoms with Gasteiger partial charge in [-0.2, -0.15) is 4.72 Å². The van der Waals surface area contributed by atoms with Crippen LogP contribution in [-0.4, -0.2) is 25.9 Å². The topological polar surface area (TPSA) is 116 Å². The predicted molar refractivity (Wildman–Crippen MR) is 84.5 cm³/mol. The van der Waals surface area contributed by atoms with Gasteiger partial charge in [-0.3, -0.25) is 14.9 Å². The number of nitrogens with one attached hydrogen (secondary N) is 1. The molecule has 0 heterocycles. The van der Waals surface area contributed by atoms with Crippen LogP contribution in [0.5, 0.6) is 0 Å². The molecule has 1 N–H and O–H groups in total. The molecule has 2 aromatic carbocycles. The Labute approximate surface area is 142 Å². The van der Waals surface area contributed by atoms with Crippen molar-refractivity contribution in [3.63, 3.8) is 0 Å². The number of rotatable bonds is 7. The number of esters is 1. The van der Waals surface area contributed by atoms with E-state index in [2.05, 4.69) is 0 Å². The quantitative estimate of drug-likeness (QED) is 0.452. The zero-order valence-corrected chi connectivity index (χ0v) is 13.5. The molecule has 0 bridgehead atoms. The molecule has 0 fully saturated rings. The Morgan fingerprint density at radius 1 is 1.20 bits per heavy atom. The first-order valence-electron chi connectivity index (χ1n) is 6.92. The van der Waals surface area contributed by atoms with E-state index in [1.54, 1.807) is 0 Å². The van der Waals surface area contributed by atoms with Crippen molar-refractivity contribution < 1.29 is 27.3 Å². The van der Waals surface area contributed by atoms with E-state index >= 15 is 0 Å². The van der Waals surface area contributed by atoms with Crippen LogP contribution in [0.25, 0.3) is 0 Å². The van der Waals surface area contributed by atoms with Crippen LogP contribution in [0.1, 0.15) is 5.56 Å². The van der Waals surface area contributed by atoms with Gasteiger partial charge in [-0.25, -0.2) is 12.8 Å². The molecule has 0 amide bonds. The number of halogens is 1. The van der Waals surface area contributed by atoms with Crippen molar-refractivity contribution in [1.29, 1.82) is 0 Å². The van der Waals surface area contributed by atoms with E-state index in [1.807, 2.05) is 4.72 Å². The summed E-state index contributed by atoms with van der Waals surface area (Å²) >= 11 is 0. The molecule has 2 aromatic rings. The van der Waals surface area contributed by atoms with E-state index in [1.165, 1.54) is 36.4 Å². The second-order valence-corrected chi connectivity index (χ2v) is 6.63. The van der Waals surface area contributed by atoms with E-state index in [4.69, 9.17) is 4.74 Å². The van der Waals surface area contributed by atoms with Crippen LogP contribution >= 0.6 is 0 Å². The van der Waals surface area contributed by atoms with E-state index < -0.39 is 33.3 Å². The zero-order chi connectivity index (χ0) is 18.4. The van der Waals surface area contributed by atoms with Gasteiger partial charge in [0, 0.05) is 12.1 Å². The lowest BCUT2D eigenvalue weighted by Gasteiger charge is -2.07. The molecule has 0 saturated carbocycles. The summed E-state index contributed by atoms with van der Waals surface area (Å²) in [6, 6.07) is 9.70. The van der Waals surface area contributed by atoms with Crippen molar-refractivity contribution in [3.8, 4) is 0 Å². The average molecular weight is 368 g/mol. The van der Waals surface area contributed by atoms with Crippen LogP contribution in [0.4, 0.5) is 10.1 Å². The SMILES string of the molecule is O=C(CNS(=O)(=O)c1cccc(F)c1)OCc1ccc([N+](=O)[O-])cc1. The van der Waals surface area contributed by atoms with E-state index in [0.717, 1.165) is 12.1 Å². The highest BCUT2D eigenvalue weighted by Crippen LogP contribution is 2.13. The number of sulfonamides is 1. The highest BCUT2D eigenvalue weighted by atomic mass is 32.2. The molecule has 0 aromatic heterocycles. The summed E-state index contributed by atoms with van der Waals surface area (Å²) in [5.74, 6) is -1.57. The van der Waals surface area contributed by atoms with Gasteiger partial charge in [-0.15, -0.1) is 0 Å². The molecular weight excluding hydrogens is 355 g/mol. The van der Waals surface area contributed by atoms with Gasteiger partial charge in [0.05, 0.1) is 9.82 Å². The van der Waals surface area contributed by atoms with Crippen LogP contribution in [0, 0.1) is 15.9 Å². The molecule has 0 atom stereocenters. The lowest BCUT2D eigenvalue weighted by molar-refractivity contribution is -0.384. The first kappa shape index (κ1) is 18.5. The minimum absolute atomic E-state index is 0.0991. The fraction of sp³-hybridized carbons (Fsp3) is 0.133. The zero-order valence-electron chi connectivity index (χ0n) is 12.7. The fourth-order valence-electron chi connectivity index (χ4n) is 1.80.